The Kier molecular flexibility index (Phi) is 6.52. The second-order valence-electron chi connectivity index (χ2n) is 6.32. The van der Waals surface area contributed by atoms with Crippen LogP contribution in [0.5, 0.6) is 5.75 Å². The number of hydrogen-bond donors (Lipinski definition) is 0. The van der Waals surface area contributed by atoms with Gasteiger partial charge >= 0.3 is 5.97 Å². The highest BCUT2D eigenvalue weighted by Gasteiger charge is 2.21. The molecule has 1 heterocycles. The number of non-ortho nitro benzene ring substituents is 1. The van der Waals surface area contributed by atoms with Crippen molar-refractivity contribution in [2.24, 2.45) is 4.99 Å². The predicted octanol–water partition coefficient (Wildman–Crippen LogP) is 4.78. The molecule has 7 heteroatoms. The van der Waals surface area contributed by atoms with Crippen molar-refractivity contribution in [3.63, 3.8) is 0 Å². The molecule has 0 radical (unpaired) electrons. The van der Waals surface area contributed by atoms with Crippen LogP contribution in [-0.2, 0) is 9.53 Å². The molecule has 0 spiro atoms. The Labute approximate surface area is 168 Å². The molecule has 0 unspecified atom stereocenters. The van der Waals surface area contributed by atoms with Gasteiger partial charge in [0.05, 0.1) is 11.5 Å². The van der Waals surface area contributed by atoms with Crippen LogP contribution in [0.1, 0.15) is 30.9 Å². The number of rotatable bonds is 8. The molecule has 0 amide bonds. The normalized spacial score (nSPS) is 14.9. The molecule has 148 valence electrons. The first-order valence-corrected chi connectivity index (χ1v) is 9.23. The van der Waals surface area contributed by atoms with Crippen LogP contribution in [0.3, 0.4) is 0 Å². The number of hydrogen-bond acceptors (Lipinski definition) is 6. The van der Waals surface area contributed by atoms with E-state index in [2.05, 4.69) is 11.9 Å². The van der Waals surface area contributed by atoms with Crippen molar-refractivity contribution in [1.82, 2.24) is 0 Å². The lowest BCUT2D eigenvalue weighted by molar-refractivity contribution is -0.384. The third kappa shape index (κ3) is 5.62. The standard InChI is InChI=1S/C22H20N2O5/c1-2-3-14-28-19-11-6-17(7-12-19)15-20-22(25)29-21(23-20)13-8-16-4-9-18(10-5-16)24(26)27/h4-13,15H,2-3,14H2,1H3/b13-8+,20-15+. The third-order valence-corrected chi connectivity index (χ3v) is 4.11. The molecule has 0 aromatic heterocycles. The van der Waals surface area contributed by atoms with Crippen LogP contribution < -0.4 is 4.74 Å². The second-order valence-corrected chi connectivity index (χ2v) is 6.32. The fraction of sp³-hybridized carbons (Fsp3) is 0.182. The Morgan fingerprint density at radius 3 is 2.41 bits per heavy atom. The predicted molar refractivity (Wildman–Crippen MR) is 110 cm³/mol. The first kappa shape index (κ1) is 20.0. The molecule has 29 heavy (non-hydrogen) atoms. The number of aliphatic imine (C=N–C) groups is 1. The maximum Gasteiger partial charge on any atom is 0.363 e. The van der Waals surface area contributed by atoms with Gasteiger partial charge in [-0.3, -0.25) is 10.1 Å². The number of esters is 1. The van der Waals surface area contributed by atoms with E-state index in [1.54, 1.807) is 30.4 Å². The number of unbranched alkanes of at least 4 members (excludes halogenated alkanes) is 1. The zero-order chi connectivity index (χ0) is 20.6. The van der Waals surface area contributed by atoms with Gasteiger partial charge < -0.3 is 9.47 Å². The van der Waals surface area contributed by atoms with Gasteiger partial charge in [-0.15, -0.1) is 0 Å². The van der Waals surface area contributed by atoms with Gasteiger partial charge in [0.15, 0.2) is 5.70 Å². The topological polar surface area (TPSA) is 91.0 Å². The van der Waals surface area contributed by atoms with Gasteiger partial charge in [-0.1, -0.05) is 25.5 Å². The summed E-state index contributed by atoms with van der Waals surface area (Å²) in [6.45, 7) is 2.78. The highest BCUT2D eigenvalue weighted by Crippen LogP contribution is 2.19. The number of ether oxygens (including phenoxy) is 2. The van der Waals surface area contributed by atoms with E-state index in [1.807, 2.05) is 24.3 Å². The van der Waals surface area contributed by atoms with E-state index in [0.29, 0.717) is 6.61 Å². The van der Waals surface area contributed by atoms with E-state index in [9.17, 15) is 14.9 Å². The van der Waals surface area contributed by atoms with E-state index in [4.69, 9.17) is 9.47 Å². The summed E-state index contributed by atoms with van der Waals surface area (Å²) in [4.78, 5) is 26.4. The Bertz CT molecular complexity index is 973. The van der Waals surface area contributed by atoms with Crippen LogP contribution in [0, 0.1) is 10.1 Å². The number of carbonyl (C=O) groups excluding carboxylic acids is 1. The van der Waals surface area contributed by atoms with E-state index in [0.717, 1.165) is 29.7 Å². The molecule has 3 rings (SSSR count). The minimum atomic E-state index is -0.531. The number of nitrogens with zero attached hydrogens (tertiary/aromatic N) is 2. The molecule has 7 nitrogen and oxygen atoms in total. The van der Waals surface area contributed by atoms with Gasteiger partial charge in [-0.05, 0) is 54.0 Å². The summed E-state index contributed by atoms with van der Waals surface area (Å²) in [6, 6.07) is 13.4. The van der Waals surface area contributed by atoms with Gasteiger partial charge in [0.1, 0.15) is 5.75 Å². The van der Waals surface area contributed by atoms with Crippen molar-refractivity contribution in [2.75, 3.05) is 6.61 Å². The summed E-state index contributed by atoms with van der Waals surface area (Å²) in [7, 11) is 0. The van der Waals surface area contributed by atoms with Gasteiger partial charge in [0, 0.05) is 18.2 Å². The number of benzene rings is 2. The van der Waals surface area contributed by atoms with E-state index >= 15 is 0 Å². The monoisotopic (exact) mass is 392 g/mol. The summed E-state index contributed by atoms with van der Waals surface area (Å²) in [5, 5.41) is 10.7. The molecule has 2 aromatic rings. The fourth-order valence-corrected chi connectivity index (χ4v) is 2.52. The van der Waals surface area contributed by atoms with Gasteiger partial charge in [0.2, 0.25) is 5.90 Å². The Morgan fingerprint density at radius 2 is 1.76 bits per heavy atom. The van der Waals surface area contributed by atoms with Crippen molar-refractivity contribution in [1.29, 1.82) is 0 Å². The van der Waals surface area contributed by atoms with Gasteiger partial charge in [-0.25, -0.2) is 9.79 Å². The lowest BCUT2D eigenvalue weighted by Gasteiger charge is -2.05. The minimum Gasteiger partial charge on any atom is -0.494 e. The highest BCUT2D eigenvalue weighted by molar-refractivity contribution is 6.11. The van der Waals surface area contributed by atoms with Crippen molar-refractivity contribution < 1.29 is 19.2 Å². The maximum absolute atomic E-state index is 12.0. The molecule has 1 aliphatic heterocycles. The number of cyclic esters (lactones) is 1. The number of nitro groups is 1. The van der Waals surface area contributed by atoms with Gasteiger partial charge in [-0.2, -0.15) is 0 Å². The zero-order valence-electron chi connectivity index (χ0n) is 15.9. The summed E-state index contributed by atoms with van der Waals surface area (Å²) in [6.07, 6.45) is 6.93. The van der Waals surface area contributed by atoms with Crippen LogP contribution in [-0.4, -0.2) is 23.4 Å². The van der Waals surface area contributed by atoms with Crippen molar-refractivity contribution in [3.8, 4) is 5.75 Å². The Morgan fingerprint density at radius 1 is 1.07 bits per heavy atom. The maximum atomic E-state index is 12.0. The minimum absolute atomic E-state index is 0.0128. The number of nitro benzene ring substituents is 1. The van der Waals surface area contributed by atoms with Crippen LogP contribution in [0.2, 0.25) is 0 Å². The molecule has 0 aliphatic carbocycles. The second kappa shape index (κ2) is 9.45. The molecule has 0 fully saturated rings. The molecule has 0 bridgehead atoms. The summed E-state index contributed by atoms with van der Waals surface area (Å²) >= 11 is 0. The van der Waals surface area contributed by atoms with Crippen LogP contribution in [0.15, 0.2) is 65.3 Å². The molecular weight excluding hydrogens is 372 g/mol. The Hall–Kier alpha value is -3.74. The SMILES string of the molecule is CCCCOc1ccc(/C=C2N=C(/C=C/c3ccc([N+](=O)[O-])cc3)OC/2=O)cc1. The summed E-state index contributed by atoms with van der Waals surface area (Å²) in [5.74, 6) is 0.417. The molecule has 0 atom stereocenters. The molecule has 0 N–H and O–H groups in total. The smallest absolute Gasteiger partial charge is 0.363 e. The van der Waals surface area contributed by atoms with E-state index in [1.165, 1.54) is 12.1 Å². The average Bonchev–Trinajstić information content (AvgIpc) is 3.07. The van der Waals surface area contributed by atoms with Gasteiger partial charge in [0.25, 0.3) is 5.69 Å². The molecule has 0 saturated carbocycles. The van der Waals surface area contributed by atoms with E-state index < -0.39 is 10.9 Å². The summed E-state index contributed by atoms with van der Waals surface area (Å²) in [5.41, 5.74) is 1.75. The van der Waals surface area contributed by atoms with Crippen molar-refractivity contribution in [2.45, 2.75) is 19.8 Å². The molecular formula is C22H20N2O5. The Balaban J connectivity index is 1.66. The van der Waals surface area contributed by atoms with Crippen molar-refractivity contribution in [3.05, 3.63) is 81.5 Å². The first-order valence-electron chi connectivity index (χ1n) is 9.23. The average molecular weight is 392 g/mol. The first-order chi connectivity index (χ1) is 14.0. The largest absolute Gasteiger partial charge is 0.494 e. The van der Waals surface area contributed by atoms with E-state index in [-0.39, 0.29) is 17.3 Å². The van der Waals surface area contributed by atoms with Crippen LogP contribution in [0.4, 0.5) is 5.69 Å². The molecule has 1 aliphatic rings. The van der Waals surface area contributed by atoms with Crippen LogP contribution in [0.25, 0.3) is 12.2 Å². The third-order valence-electron chi connectivity index (χ3n) is 4.11. The number of carbonyl (C=O) groups is 1. The highest BCUT2D eigenvalue weighted by atomic mass is 16.6. The fourth-order valence-electron chi connectivity index (χ4n) is 2.52. The van der Waals surface area contributed by atoms with Crippen molar-refractivity contribution >= 4 is 29.7 Å². The zero-order valence-corrected chi connectivity index (χ0v) is 15.9. The molecule has 0 saturated heterocycles. The summed E-state index contributed by atoms with van der Waals surface area (Å²) < 4.78 is 10.8. The lowest BCUT2D eigenvalue weighted by Crippen LogP contribution is -2.01. The van der Waals surface area contributed by atoms with Crippen LogP contribution >= 0.6 is 0 Å². The lowest BCUT2D eigenvalue weighted by atomic mass is 10.2. The quantitative estimate of drug-likeness (QED) is 0.212. The molecule has 2 aromatic carbocycles.